The fourth-order valence-corrected chi connectivity index (χ4v) is 7.02. The van der Waals surface area contributed by atoms with E-state index in [0.717, 1.165) is 55.8 Å². The van der Waals surface area contributed by atoms with Gasteiger partial charge in [-0.05, 0) is 131 Å². The molecule has 1 heterocycles. The van der Waals surface area contributed by atoms with E-state index in [1.54, 1.807) is 0 Å². The van der Waals surface area contributed by atoms with Gasteiger partial charge in [0, 0.05) is 5.92 Å². The molecule has 0 amide bonds. The van der Waals surface area contributed by atoms with Crippen molar-refractivity contribution < 1.29 is 18.3 Å². The minimum atomic E-state index is -1.50. The molecule has 0 unspecified atom stereocenters. The summed E-state index contributed by atoms with van der Waals surface area (Å²) < 4.78 is 36.2. The monoisotopic (exact) mass is 450 g/mol. The van der Waals surface area contributed by atoms with E-state index in [9.17, 15) is 8.78 Å². The average Bonchev–Trinajstić information content (AvgIpc) is 2.83. The molecule has 4 fully saturated rings. The Hall–Kier alpha value is -0.740. The third-order valence-corrected chi connectivity index (χ3v) is 9.09. The molecule has 0 spiro atoms. The maximum absolute atomic E-state index is 12.3. The summed E-state index contributed by atoms with van der Waals surface area (Å²) in [7, 11) is 0. The third-order valence-electron chi connectivity index (χ3n) is 9.09. The second-order valence-corrected chi connectivity index (χ2v) is 11.4. The van der Waals surface area contributed by atoms with Gasteiger partial charge in [-0.2, -0.15) is 8.78 Å². The zero-order chi connectivity index (χ0) is 22.3. The van der Waals surface area contributed by atoms with Crippen molar-refractivity contribution in [2.75, 3.05) is 13.2 Å². The van der Waals surface area contributed by atoms with Crippen molar-refractivity contribution in [1.82, 2.24) is 0 Å². The van der Waals surface area contributed by atoms with Gasteiger partial charge in [0.15, 0.2) is 6.29 Å². The normalized spacial score (nSPS) is 41.5. The lowest BCUT2D eigenvalue weighted by Gasteiger charge is -2.41. The number of hydrogen-bond acceptors (Lipinski definition) is 2. The highest BCUT2D eigenvalue weighted by Gasteiger charge is 2.34. The van der Waals surface area contributed by atoms with E-state index in [1.165, 1.54) is 64.2 Å². The van der Waals surface area contributed by atoms with Crippen LogP contribution in [0, 0.1) is 41.4 Å². The lowest BCUT2D eigenvalue weighted by atomic mass is 9.65. The molecule has 4 aliphatic rings. The maximum Gasteiger partial charge on any atom is 0.266 e. The van der Waals surface area contributed by atoms with Gasteiger partial charge in [-0.3, -0.25) is 0 Å². The summed E-state index contributed by atoms with van der Waals surface area (Å²) in [5.74, 6) is 5.34. The molecule has 32 heavy (non-hydrogen) atoms. The highest BCUT2D eigenvalue weighted by atomic mass is 19.3. The van der Waals surface area contributed by atoms with Crippen molar-refractivity contribution in [2.24, 2.45) is 41.4 Å². The highest BCUT2D eigenvalue weighted by molar-refractivity contribution is 4.95. The molecule has 1 saturated heterocycles. The van der Waals surface area contributed by atoms with Crippen molar-refractivity contribution >= 4 is 0 Å². The number of halogens is 2. The quantitative estimate of drug-likeness (QED) is 0.380. The summed E-state index contributed by atoms with van der Waals surface area (Å²) in [4.78, 5) is 0. The molecule has 182 valence electrons. The molecule has 1 aliphatic heterocycles. The number of hydrogen-bond donors (Lipinski definition) is 0. The summed E-state index contributed by atoms with van der Waals surface area (Å²) in [6, 6.07) is 0. The number of allylic oxidation sites excluding steroid dienone is 2. The summed E-state index contributed by atoms with van der Waals surface area (Å²) in [5.41, 5.74) is 0. The van der Waals surface area contributed by atoms with E-state index in [4.69, 9.17) is 9.47 Å². The van der Waals surface area contributed by atoms with Crippen LogP contribution in [0.5, 0.6) is 0 Å². The van der Waals surface area contributed by atoms with E-state index in [-0.39, 0.29) is 6.29 Å². The van der Waals surface area contributed by atoms with Crippen LogP contribution in [0.3, 0.4) is 0 Å². The maximum atomic E-state index is 12.3. The van der Waals surface area contributed by atoms with Gasteiger partial charge in [0.1, 0.15) is 0 Å². The molecule has 0 N–H and O–H groups in total. The van der Waals surface area contributed by atoms with Crippen molar-refractivity contribution in [3.8, 4) is 0 Å². The van der Waals surface area contributed by atoms with Crippen LogP contribution in [-0.4, -0.2) is 19.5 Å². The van der Waals surface area contributed by atoms with Gasteiger partial charge >= 0.3 is 0 Å². The van der Waals surface area contributed by atoms with E-state index >= 15 is 0 Å². The van der Waals surface area contributed by atoms with Crippen LogP contribution < -0.4 is 0 Å². The van der Waals surface area contributed by atoms with E-state index in [0.29, 0.717) is 24.2 Å². The summed E-state index contributed by atoms with van der Waals surface area (Å²) >= 11 is 0. The SMILES string of the molecule is CC1COC(C=CC2CCC(C3CCC(C4CCC(CC=C(F)F)CC4)CC3)CC2)OC1. The molecule has 2 nitrogen and oxygen atoms in total. The molecule has 0 aromatic heterocycles. The Kier molecular flexibility index (Phi) is 9.23. The Morgan fingerprint density at radius 3 is 1.66 bits per heavy atom. The average molecular weight is 451 g/mol. The van der Waals surface area contributed by atoms with Gasteiger partial charge in [0.25, 0.3) is 6.08 Å². The molecule has 3 aliphatic carbocycles. The predicted molar refractivity (Wildman–Crippen MR) is 125 cm³/mol. The van der Waals surface area contributed by atoms with E-state index in [1.807, 2.05) is 0 Å². The second kappa shape index (κ2) is 12.1. The van der Waals surface area contributed by atoms with E-state index < -0.39 is 6.08 Å². The van der Waals surface area contributed by atoms with Crippen LogP contribution >= 0.6 is 0 Å². The van der Waals surface area contributed by atoms with Crippen LogP contribution in [0.4, 0.5) is 8.78 Å². The van der Waals surface area contributed by atoms with Crippen LogP contribution in [0.1, 0.15) is 90.4 Å². The predicted octanol–water partition coefficient (Wildman–Crippen LogP) is 8.14. The standard InChI is InChI=1S/C28H44F2O2/c1-20-18-31-28(32-19-20)17-7-22-4-10-24(11-5-22)26-14-12-25(13-15-26)23-8-2-21(3-9-23)6-16-27(29)30/h7,16-17,20-26,28H,2-6,8-15,18-19H2,1H3. The molecule has 4 rings (SSSR count). The first-order valence-corrected chi connectivity index (χ1v) is 13.5. The van der Waals surface area contributed by atoms with Gasteiger partial charge in [0.05, 0.1) is 13.2 Å². The molecule has 0 bridgehead atoms. The minimum absolute atomic E-state index is 0.129. The summed E-state index contributed by atoms with van der Waals surface area (Å²) in [6.45, 7) is 3.78. The first kappa shape index (κ1) is 24.4. The van der Waals surface area contributed by atoms with Gasteiger partial charge in [-0.25, -0.2) is 0 Å². The molecular weight excluding hydrogens is 406 g/mol. The second-order valence-electron chi connectivity index (χ2n) is 11.4. The lowest BCUT2D eigenvalue weighted by Crippen LogP contribution is -2.30. The Bertz CT molecular complexity index is 597. The zero-order valence-electron chi connectivity index (χ0n) is 20.0. The summed E-state index contributed by atoms with van der Waals surface area (Å²) in [5, 5.41) is 0. The van der Waals surface area contributed by atoms with Gasteiger partial charge < -0.3 is 9.47 Å². The summed E-state index contributed by atoms with van der Waals surface area (Å²) in [6.07, 6.45) is 20.5. The van der Waals surface area contributed by atoms with Crippen LogP contribution in [-0.2, 0) is 9.47 Å². The molecule has 4 heteroatoms. The Morgan fingerprint density at radius 1 is 0.688 bits per heavy atom. The van der Waals surface area contributed by atoms with Crippen LogP contribution in [0.25, 0.3) is 0 Å². The molecular formula is C28H44F2O2. The number of rotatable bonds is 6. The smallest absolute Gasteiger partial charge is 0.266 e. The van der Waals surface area contributed by atoms with Gasteiger partial charge in [-0.15, -0.1) is 0 Å². The number of ether oxygens (including phenoxy) is 2. The van der Waals surface area contributed by atoms with Crippen molar-refractivity contribution in [3.05, 3.63) is 24.3 Å². The van der Waals surface area contributed by atoms with Crippen molar-refractivity contribution in [1.29, 1.82) is 0 Å². The highest BCUT2D eigenvalue weighted by Crippen LogP contribution is 2.46. The van der Waals surface area contributed by atoms with Crippen molar-refractivity contribution in [3.63, 3.8) is 0 Å². The van der Waals surface area contributed by atoms with Gasteiger partial charge in [-0.1, -0.05) is 13.0 Å². The largest absolute Gasteiger partial charge is 0.349 e. The minimum Gasteiger partial charge on any atom is -0.349 e. The molecule has 0 atom stereocenters. The Morgan fingerprint density at radius 2 is 1.16 bits per heavy atom. The van der Waals surface area contributed by atoms with E-state index in [2.05, 4.69) is 19.1 Å². The fraction of sp³-hybridized carbons (Fsp3) is 0.857. The van der Waals surface area contributed by atoms with Gasteiger partial charge in [0.2, 0.25) is 0 Å². The van der Waals surface area contributed by atoms with Crippen LogP contribution in [0.15, 0.2) is 24.3 Å². The third kappa shape index (κ3) is 7.13. The lowest BCUT2D eigenvalue weighted by molar-refractivity contribution is -0.171. The Labute approximate surface area is 194 Å². The molecule has 0 aromatic carbocycles. The topological polar surface area (TPSA) is 18.5 Å². The molecule has 3 saturated carbocycles. The molecule has 0 aromatic rings. The first-order chi connectivity index (χ1) is 15.6. The molecule has 0 radical (unpaired) electrons. The fourth-order valence-electron chi connectivity index (χ4n) is 7.02. The van der Waals surface area contributed by atoms with Crippen molar-refractivity contribution in [2.45, 2.75) is 96.7 Å². The van der Waals surface area contributed by atoms with Crippen LogP contribution in [0.2, 0.25) is 0 Å². The first-order valence-electron chi connectivity index (χ1n) is 13.5. The zero-order valence-corrected chi connectivity index (χ0v) is 20.0. The Balaban J connectivity index is 1.12.